The highest BCUT2D eigenvalue weighted by Crippen LogP contribution is 2.12. The standard InChI is InChI=1S/C13H18N4O2/c1-8-7-12(19-16-8)13(18)14-6-5-11-9(2)15-17(4)10(11)3/h7H,5-6H2,1-4H3,(H,14,18). The van der Waals surface area contributed by atoms with Gasteiger partial charge >= 0.3 is 0 Å². The molecule has 2 aromatic heterocycles. The zero-order chi connectivity index (χ0) is 14.0. The predicted molar refractivity (Wildman–Crippen MR) is 70.0 cm³/mol. The molecular formula is C13H18N4O2. The molecule has 0 bridgehead atoms. The second-order valence-electron chi connectivity index (χ2n) is 4.61. The van der Waals surface area contributed by atoms with Crippen LogP contribution in [-0.2, 0) is 13.5 Å². The molecule has 2 heterocycles. The zero-order valence-corrected chi connectivity index (χ0v) is 11.6. The SMILES string of the molecule is Cc1cc(C(=O)NCCc2c(C)nn(C)c2C)on1. The highest BCUT2D eigenvalue weighted by molar-refractivity contribution is 5.91. The third-order valence-electron chi connectivity index (χ3n) is 3.17. The monoisotopic (exact) mass is 262 g/mol. The Morgan fingerprint density at radius 3 is 2.68 bits per heavy atom. The second-order valence-corrected chi connectivity index (χ2v) is 4.61. The van der Waals surface area contributed by atoms with Crippen molar-refractivity contribution in [3.8, 4) is 0 Å². The van der Waals surface area contributed by atoms with E-state index in [0.29, 0.717) is 12.2 Å². The predicted octanol–water partition coefficient (Wildman–Crippen LogP) is 1.31. The fourth-order valence-corrected chi connectivity index (χ4v) is 2.04. The number of nitrogens with one attached hydrogen (secondary N) is 1. The number of aryl methyl sites for hydroxylation is 3. The van der Waals surface area contributed by atoms with E-state index >= 15 is 0 Å². The Labute approximate surface area is 111 Å². The van der Waals surface area contributed by atoms with Crippen LogP contribution in [0, 0.1) is 20.8 Å². The average molecular weight is 262 g/mol. The third kappa shape index (κ3) is 2.83. The first-order valence-corrected chi connectivity index (χ1v) is 6.19. The van der Waals surface area contributed by atoms with Crippen LogP contribution in [0.4, 0.5) is 0 Å². The molecule has 0 aromatic carbocycles. The van der Waals surface area contributed by atoms with E-state index in [4.69, 9.17) is 4.52 Å². The van der Waals surface area contributed by atoms with Crippen LogP contribution < -0.4 is 5.32 Å². The molecular weight excluding hydrogens is 244 g/mol. The summed E-state index contributed by atoms with van der Waals surface area (Å²) in [5, 5.41) is 10.8. The van der Waals surface area contributed by atoms with Gasteiger partial charge in [-0.25, -0.2) is 0 Å². The first-order chi connectivity index (χ1) is 8.99. The van der Waals surface area contributed by atoms with Gasteiger partial charge in [0.15, 0.2) is 0 Å². The summed E-state index contributed by atoms with van der Waals surface area (Å²) in [5.41, 5.74) is 4.01. The minimum atomic E-state index is -0.236. The highest BCUT2D eigenvalue weighted by atomic mass is 16.5. The van der Waals surface area contributed by atoms with Crippen molar-refractivity contribution in [1.29, 1.82) is 0 Å². The molecule has 0 aliphatic carbocycles. The van der Waals surface area contributed by atoms with Crippen molar-refractivity contribution in [1.82, 2.24) is 20.3 Å². The Morgan fingerprint density at radius 1 is 1.42 bits per heavy atom. The Hall–Kier alpha value is -2.11. The third-order valence-corrected chi connectivity index (χ3v) is 3.17. The minimum Gasteiger partial charge on any atom is -0.351 e. The first-order valence-electron chi connectivity index (χ1n) is 6.19. The minimum absolute atomic E-state index is 0.236. The maximum absolute atomic E-state index is 11.8. The van der Waals surface area contributed by atoms with Crippen molar-refractivity contribution >= 4 is 5.91 Å². The summed E-state index contributed by atoms with van der Waals surface area (Å²) in [6.07, 6.45) is 0.754. The van der Waals surface area contributed by atoms with Crippen molar-refractivity contribution in [2.24, 2.45) is 7.05 Å². The van der Waals surface area contributed by atoms with Crippen LogP contribution in [-0.4, -0.2) is 27.4 Å². The molecule has 1 amide bonds. The molecule has 2 aromatic rings. The van der Waals surface area contributed by atoms with Gasteiger partial charge in [-0.05, 0) is 32.8 Å². The van der Waals surface area contributed by atoms with Gasteiger partial charge in [0.1, 0.15) is 0 Å². The van der Waals surface area contributed by atoms with Crippen LogP contribution >= 0.6 is 0 Å². The molecule has 0 aliphatic heterocycles. The zero-order valence-electron chi connectivity index (χ0n) is 11.6. The Balaban J connectivity index is 1.92. The van der Waals surface area contributed by atoms with Gasteiger partial charge in [0.25, 0.3) is 5.91 Å². The van der Waals surface area contributed by atoms with Gasteiger partial charge in [0.2, 0.25) is 5.76 Å². The van der Waals surface area contributed by atoms with Crippen LogP contribution in [0.1, 0.15) is 33.2 Å². The van der Waals surface area contributed by atoms with E-state index in [0.717, 1.165) is 17.8 Å². The molecule has 6 heteroatoms. The molecule has 6 nitrogen and oxygen atoms in total. The van der Waals surface area contributed by atoms with E-state index in [9.17, 15) is 4.79 Å². The van der Waals surface area contributed by atoms with Crippen molar-refractivity contribution in [3.63, 3.8) is 0 Å². The summed E-state index contributed by atoms with van der Waals surface area (Å²) in [7, 11) is 1.92. The number of hydrogen-bond acceptors (Lipinski definition) is 4. The molecule has 1 N–H and O–H groups in total. The molecule has 0 aliphatic rings. The molecule has 0 spiro atoms. The van der Waals surface area contributed by atoms with Gasteiger partial charge in [-0.15, -0.1) is 0 Å². The highest BCUT2D eigenvalue weighted by Gasteiger charge is 2.12. The average Bonchev–Trinajstić information content (AvgIpc) is 2.88. The fraction of sp³-hybridized carbons (Fsp3) is 0.462. The lowest BCUT2D eigenvalue weighted by Gasteiger charge is -2.03. The number of rotatable bonds is 4. The van der Waals surface area contributed by atoms with E-state index in [1.165, 1.54) is 5.56 Å². The molecule has 0 atom stereocenters. The Bertz CT molecular complexity index is 598. The number of nitrogens with zero attached hydrogens (tertiary/aromatic N) is 3. The van der Waals surface area contributed by atoms with Crippen molar-refractivity contribution in [2.75, 3.05) is 6.54 Å². The van der Waals surface area contributed by atoms with E-state index in [1.807, 2.05) is 25.6 Å². The first kappa shape index (κ1) is 13.3. The number of carbonyl (C=O) groups excluding carboxylic acids is 1. The van der Waals surface area contributed by atoms with Crippen LogP contribution in [0.3, 0.4) is 0 Å². The smallest absolute Gasteiger partial charge is 0.289 e. The largest absolute Gasteiger partial charge is 0.351 e. The lowest BCUT2D eigenvalue weighted by Crippen LogP contribution is -2.25. The van der Waals surface area contributed by atoms with Gasteiger partial charge in [0, 0.05) is 25.4 Å². The van der Waals surface area contributed by atoms with Crippen LogP contribution in [0.5, 0.6) is 0 Å². The summed E-state index contributed by atoms with van der Waals surface area (Å²) in [5.74, 6) is 0.0110. The number of amides is 1. The summed E-state index contributed by atoms with van der Waals surface area (Å²) >= 11 is 0. The van der Waals surface area contributed by atoms with Crippen molar-refractivity contribution < 1.29 is 9.32 Å². The number of carbonyl (C=O) groups is 1. The fourth-order valence-electron chi connectivity index (χ4n) is 2.04. The number of aromatic nitrogens is 3. The van der Waals surface area contributed by atoms with E-state index in [2.05, 4.69) is 15.6 Å². The Kier molecular flexibility index (Phi) is 3.69. The molecule has 2 rings (SSSR count). The van der Waals surface area contributed by atoms with E-state index in [1.54, 1.807) is 13.0 Å². The summed E-state index contributed by atoms with van der Waals surface area (Å²) in [4.78, 5) is 11.8. The molecule has 0 fully saturated rings. The van der Waals surface area contributed by atoms with Crippen LogP contribution in [0.15, 0.2) is 10.6 Å². The van der Waals surface area contributed by atoms with Gasteiger partial charge in [0.05, 0.1) is 11.4 Å². The Morgan fingerprint density at radius 2 is 2.16 bits per heavy atom. The van der Waals surface area contributed by atoms with Crippen LogP contribution in [0.25, 0.3) is 0 Å². The second kappa shape index (κ2) is 5.26. The maximum atomic E-state index is 11.8. The molecule has 0 saturated carbocycles. The summed E-state index contributed by atoms with van der Waals surface area (Å²) in [6, 6.07) is 1.62. The van der Waals surface area contributed by atoms with Crippen molar-refractivity contribution in [3.05, 3.63) is 34.5 Å². The van der Waals surface area contributed by atoms with Crippen LogP contribution in [0.2, 0.25) is 0 Å². The normalized spacial score (nSPS) is 10.7. The molecule has 0 radical (unpaired) electrons. The topological polar surface area (TPSA) is 73.0 Å². The van der Waals surface area contributed by atoms with Gasteiger partial charge in [-0.2, -0.15) is 5.10 Å². The van der Waals surface area contributed by atoms with Gasteiger partial charge < -0.3 is 9.84 Å². The van der Waals surface area contributed by atoms with Gasteiger partial charge in [-0.1, -0.05) is 5.16 Å². The van der Waals surface area contributed by atoms with Crippen molar-refractivity contribution in [2.45, 2.75) is 27.2 Å². The molecule has 19 heavy (non-hydrogen) atoms. The lowest BCUT2D eigenvalue weighted by molar-refractivity contribution is 0.0917. The van der Waals surface area contributed by atoms with Gasteiger partial charge in [-0.3, -0.25) is 9.48 Å². The quantitative estimate of drug-likeness (QED) is 0.901. The van der Waals surface area contributed by atoms with E-state index in [-0.39, 0.29) is 11.7 Å². The molecule has 102 valence electrons. The molecule has 0 saturated heterocycles. The summed E-state index contributed by atoms with van der Waals surface area (Å²) in [6.45, 7) is 6.33. The number of hydrogen-bond donors (Lipinski definition) is 1. The lowest BCUT2D eigenvalue weighted by atomic mass is 10.1. The van der Waals surface area contributed by atoms with E-state index < -0.39 is 0 Å². The molecule has 0 unspecified atom stereocenters. The summed E-state index contributed by atoms with van der Waals surface area (Å²) < 4.78 is 6.76. The maximum Gasteiger partial charge on any atom is 0.289 e.